The molecule has 0 saturated heterocycles. The van der Waals surface area contributed by atoms with Crippen molar-refractivity contribution in [2.45, 2.75) is 13.1 Å². The normalized spacial score (nSPS) is 11.9. The third-order valence-corrected chi connectivity index (χ3v) is 4.16. The summed E-state index contributed by atoms with van der Waals surface area (Å²) in [7, 11) is 1.73. The van der Waals surface area contributed by atoms with Gasteiger partial charge in [0, 0.05) is 7.05 Å². The van der Waals surface area contributed by atoms with E-state index in [0.717, 1.165) is 6.07 Å². The number of imidazole rings is 1. The van der Waals surface area contributed by atoms with Crippen LogP contribution in [-0.2, 0) is 18.0 Å². The molecule has 0 amide bonds. The van der Waals surface area contributed by atoms with Crippen LogP contribution in [0.15, 0.2) is 34.7 Å². The number of hydrogen-bond donors (Lipinski definition) is 1. The van der Waals surface area contributed by atoms with Gasteiger partial charge in [0.1, 0.15) is 11.2 Å². The Morgan fingerprint density at radius 1 is 1.17 bits per heavy atom. The van der Waals surface area contributed by atoms with Crippen molar-refractivity contribution in [1.29, 1.82) is 0 Å². The van der Waals surface area contributed by atoms with E-state index in [-0.39, 0.29) is 23.9 Å². The van der Waals surface area contributed by atoms with E-state index in [1.54, 1.807) is 36.7 Å². The molecule has 4 aromatic rings. The number of nitrogens with zero attached hydrogens (tertiary/aromatic N) is 4. The number of oxazole rings is 1. The zero-order valence-corrected chi connectivity index (χ0v) is 15.2. The van der Waals surface area contributed by atoms with Crippen LogP contribution < -0.4 is 5.32 Å². The summed E-state index contributed by atoms with van der Waals surface area (Å²) in [5.41, 5.74) is 0.453. The number of rotatable bonds is 4. The number of fused-ring (bicyclic) bond motifs is 2. The Kier molecular flexibility index (Phi) is 4.36. The molecule has 8 nitrogen and oxygen atoms in total. The fraction of sp³-hybridized carbons (Fsp3) is 0.222. The second kappa shape index (κ2) is 6.76. The highest BCUT2D eigenvalue weighted by Gasteiger charge is 2.33. The maximum absolute atomic E-state index is 12.8. The number of hydrogen-bond acceptors (Lipinski definition) is 7. The first kappa shape index (κ1) is 18.7. The van der Waals surface area contributed by atoms with E-state index in [1.807, 2.05) is 0 Å². The van der Waals surface area contributed by atoms with Crippen molar-refractivity contribution >= 4 is 40.2 Å². The number of ether oxygens (including phenoxy) is 1. The van der Waals surface area contributed by atoms with Crippen molar-refractivity contribution in [2.75, 3.05) is 11.9 Å². The molecule has 1 aromatic carbocycles. The van der Waals surface area contributed by atoms with Gasteiger partial charge in [-0.1, -0.05) is 0 Å². The number of carbonyl (C=O) groups is 1. The first-order valence-electron chi connectivity index (χ1n) is 8.51. The van der Waals surface area contributed by atoms with Crippen LogP contribution in [0.3, 0.4) is 0 Å². The van der Waals surface area contributed by atoms with Gasteiger partial charge in [-0.15, -0.1) is 0 Å². The van der Waals surface area contributed by atoms with E-state index in [2.05, 4.69) is 20.3 Å². The number of aryl methyl sites for hydroxylation is 1. The first-order valence-corrected chi connectivity index (χ1v) is 8.51. The SMILES string of the molecule is CCOC(=O)c1ccc2c(c1)nc(Nc1nc3ccc(C(F)(F)F)nc3o1)n2C. The molecule has 0 spiro atoms. The summed E-state index contributed by atoms with van der Waals surface area (Å²) in [4.78, 5) is 23.8. The Morgan fingerprint density at radius 2 is 1.97 bits per heavy atom. The molecule has 0 fully saturated rings. The third kappa shape index (κ3) is 3.46. The Hall–Kier alpha value is -3.63. The molecule has 0 aliphatic heterocycles. The molecule has 0 aliphatic carbocycles. The monoisotopic (exact) mass is 405 g/mol. The topological polar surface area (TPSA) is 95.1 Å². The molecule has 0 bridgehead atoms. The van der Waals surface area contributed by atoms with Crippen LogP contribution in [0.4, 0.5) is 25.1 Å². The average molecular weight is 405 g/mol. The van der Waals surface area contributed by atoms with Crippen LogP contribution in [0.25, 0.3) is 22.3 Å². The maximum Gasteiger partial charge on any atom is 0.433 e. The van der Waals surface area contributed by atoms with Gasteiger partial charge in [-0.05, 0) is 37.3 Å². The van der Waals surface area contributed by atoms with Gasteiger partial charge in [0.25, 0.3) is 0 Å². The number of pyridine rings is 1. The van der Waals surface area contributed by atoms with Gasteiger partial charge in [-0.25, -0.2) is 14.8 Å². The molecule has 0 unspecified atom stereocenters. The van der Waals surface area contributed by atoms with Crippen LogP contribution in [0.1, 0.15) is 23.0 Å². The summed E-state index contributed by atoms with van der Waals surface area (Å²) < 4.78 is 50.3. The van der Waals surface area contributed by atoms with Crippen molar-refractivity contribution in [3.8, 4) is 0 Å². The van der Waals surface area contributed by atoms with Gasteiger partial charge in [0.05, 0.1) is 23.2 Å². The minimum atomic E-state index is -4.58. The van der Waals surface area contributed by atoms with Crippen molar-refractivity contribution in [2.24, 2.45) is 7.05 Å². The summed E-state index contributed by atoms with van der Waals surface area (Å²) in [5, 5.41) is 2.82. The van der Waals surface area contributed by atoms with Crippen LogP contribution in [0, 0.1) is 0 Å². The molecule has 4 rings (SSSR count). The third-order valence-electron chi connectivity index (χ3n) is 4.16. The highest BCUT2D eigenvalue weighted by molar-refractivity contribution is 5.94. The summed E-state index contributed by atoms with van der Waals surface area (Å²) in [6, 6.07) is 6.87. The first-order chi connectivity index (χ1) is 13.8. The van der Waals surface area contributed by atoms with Crippen LogP contribution >= 0.6 is 0 Å². The van der Waals surface area contributed by atoms with Crippen molar-refractivity contribution in [3.63, 3.8) is 0 Å². The highest BCUT2D eigenvalue weighted by Crippen LogP contribution is 2.30. The van der Waals surface area contributed by atoms with E-state index >= 15 is 0 Å². The van der Waals surface area contributed by atoms with Crippen molar-refractivity contribution < 1.29 is 27.1 Å². The van der Waals surface area contributed by atoms with Gasteiger partial charge in [-0.2, -0.15) is 18.2 Å². The van der Waals surface area contributed by atoms with Gasteiger partial charge in [0.15, 0.2) is 0 Å². The molecule has 3 heterocycles. The Bertz CT molecular complexity index is 1230. The molecule has 11 heteroatoms. The number of nitrogens with one attached hydrogen (secondary N) is 1. The molecular weight excluding hydrogens is 391 g/mol. The number of alkyl halides is 3. The number of carbonyl (C=O) groups excluding carboxylic acids is 1. The predicted octanol–water partition coefficient (Wildman–Crippen LogP) is 4.05. The summed E-state index contributed by atoms with van der Waals surface area (Å²) in [6.07, 6.45) is -4.58. The molecular formula is C18H14F3N5O3. The van der Waals surface area contributed by atoms with Crippen LogP contribution in [-0.4, -0.2) is 32.1 Å². The summed E-state index contributed by atoms with van der Waals surface area (Å²) in [6.45, 7) is 1.97. The second-order valence-electron chi connectivity index (χ2n) is 6.08. The Balaban J connectivity index is 1.66. The molecule has 0 atom stereocenters. The lowest BCUT2D eigenvalue weighted by Gasteiger charge is -2.03. The maximum atomic E-state index is 12.8. The lowest BCUT2D eigenvalue weighted by Crippen LogP contribution is -2.07. The van der Waals surface area contributed by atoms with Gasteiger partial charge < -0.3 is 13.7 Å². The standard InChI is InChI=1S/C18H14F3N5O3/c1-3-28-15(27)9-4-6-12-11(8-9)22-16(26(12)2)25-17-23-10-5-7-13(18(19,20)21)24-14(10)29-17/h4-8H,3H2,1-2H3,(H,22,23,25). The fourth-order valence-electron chi connectivity index (χ4n) is 2.78. The van der Waals surface area contributed by atoms with E-state index in [1.165, 1.54) is 6.07 Å². The number of halogens is 3. The minimum Gasteiger partial charge on any atom is -0.462 e. The zero-order valence-electron chi connectivity index (χ0n) is 15.2. The second-order valence-corrected chi connectivity index (χ2v) is 6.08. The van der Waals surface area contributed by atoms with Crippen molar-refractivity contribution in [1.82, 2.24) is 19.5 Å². The molecule has 3 aromatic heterocycles. The average Bonchev–Trinajstić information content (AvgIpc) is 3.21. The quantitative estimate of drug-likeness (QED) is 0.512. The summed E-state index contributed by atoms with van der Waals surface area (Å²) in [5.74, 6) is -0.135. The fourth-order valence-corrected chi connectivity index (χ4v) is 2.78. The molecule has 1 N–H and O–H groups in total. The van der Waals surface area contributed by atoms with E-state index in [0.29, 0.717) is 22.5 Å². The van der Waals surface area contributed by atoms with Crippen molar-refractivity contribution in [3.05, 3.63) is 41.6 Å². The van der Waals surface area contributed by atoms with Gasteiger partial charge in [-0.3, -0.25) is 5.32 Å². The van der Waals surface area contributed by atoms with Crippen LogP contribution in [0.5, 0.6) is 0 Å². The van der Waals surface area contributed by atoms with E-state index in [4.69, 9.17) is 9.15 Å². The van der Waals surface area contributed by atoms with Crippen LogP contribution in [0.2, 0.25) is 0 Å². The largest absolute Gasteiger partial charge is 0.462 e. The summed E-state index contributed by atoms with van der Waals surface area (Å²) >= 11 is 0. The number of aromatic nitrogens is 4. The lowest BCUT2D eigenvalue weighted by molar-refractivity contribution is -0.141. The molecule has 0 aliphatic rings. The number of esters is 1. The van der Waals surface area contributed by atoms with Gasteiger partial charge >= 0.3 is 18.2 Å². The van der Waals surface area contributed by atoms with Gasteiger partial charge in [0.2, 0.25) is 11.7 Å². The molecule has 0 radical (unpaired) electrons. The van der Waals surface area contributed by atoms with E-state index in [9.17, 15) is 18.0 Å². The van der Waals surface area contributed by atoms with E-state index < -0.39 is 17.8 Å². The Morgan fingerprint density at radius 3 is 2.69 bits per heavy atom. The molecule has 29 heavy (non-hydrogen) atoms. The minimum absolute atomic E-state index is 0.0594. The molecule has 150 valence electrons. The number of anilines is 2. The lowest BCUT2D eigenvalue weighted by atomic mass is 10.2. The Labute approximate surface area is 161 Å². The number of benzene rings is 1. The smallest absolute Gasteiger partial charge is 0.433 e. The predicted molar refractivity (Wildman–Crippen MR) is 96.8 cm³/mol. The molecule has 0 saturated carbocycles. The zero-order chi connectivity index (χ0) is 20.8. The highest BCUT2D eigenvalue weighted by atomic mass is 19.4.